The Morgan fingerprint density at radius 1 is 1.33 bits per heavy atom. The lowest BCUT2D eigenvalue weighted by Crippen LogP contribution is -2.24. The van der Waals surface area contributed by atoms with Crippen LogP contribution < -0.4 is 10.2 Å². The van der Waals surface area contributed by atoms with Gasteiger partial charge in [-0.25, -0.2) is 0 Å². The molecular formula is C17H20ClF3N4O2. The summed E-state index contributed by atoms with van der Waals surface area (Å²) in [4.78, 5) is 17.5. The van der Waals surface area contributed by atoms with Crippen LogP contribution in [0.3, 0.4) is 0 Å². The highest BCUT2D eigenvalue weighted by Gasteiger charge is 2.33. The number of carbonyl (C=O) groups is 1. The maximum atomic E-state index is 13.3. The van der Waals surface area contributed by atoms with Gasteiger partial charge < -0.3 is 14.7 Å². The maximum Gasteiger partial charge on any atom is 0.416 e. The van der Waals surface area contributed by atoms with Crippen molar-refractivity contribution in [3.63, 3.8) is 0 Å². The Labute approximate surface area is 160 Å². The first kappa shape index (κ1) is 21.2. The van der Waals surface area contributed by atoms with E-state index in [0.29, 0.717) is 31.6 Å². The third-order valence-corrected chi connectivity index (χ3v) is 4.33. The summed E-state index contributed by atoms with van der Waals surface area (Å²) in [7, 11) is 1.79. The lowest BCUT2D eigenvalue weighted by molar-refractivity contribution is -0.137. The average molecular weight is 405 g/mol. The van der Waals surface area contributed by atoms with Crippen LogP contribution in [0.1, 0.15) is 31.2 Å². The van der Waals surface area contributed by atoms with Gasteiger partial charge in [-0.15, -0.1) is 12.4 Å². The number of carbonyl (C=O) groups excluding carboxylic acids is 1. The van der Waals surface area contributed by atoms with Crippen LogP contribution in [-0.2, 0) is 17.4 Å². The lowest BCUT2D eigenvalue weighted by Gasteiger charge is -2.18. The molecule has 2 aromatic rings. The minimum Gasteiger partial charge on any atom is -0.334 e. The van der Waals surface area contributed by atoms with Crippen molar-refractivity contribution < 1.29 is 22.5 Å². The summed E-state index contributed by atoms with van der Waals surface area (Å²) in [5, 5.41) is 6.85. The van der Waals surface area contributed by atoms with E-state index in [1.807, 2.05) is 6.92 Å². The van der Waals surface area contributed by atoms with Crippen LogP contribution in [0.2, 0.25) is 0 Å². The van der Waals surface area contributed by atoms with E-state index in [2.05, 4.69) is 15.5 Å². The van der Waals surface area contributed by atoms with Gasteiger partial charge in [0.05, 0.1) is 5.56 Å². The zero-order valence-electron chi connectivity index (χ0n) is 14.8. The molecule has 1 aromatic heterocycles. The largest absolute Gasteiger partial charge is 0.416 e. The second kappa shape index (κ2) is 8.26. The van der Waals surface area contributed by atoms with Gasteiger partial charge in [-0.2, -0.15) is 18.2 Å². The molecule has 0 spiro atoms. The van der Waals surface area contributed by atoms with Crippen LogP contribution in [-0.4, -0.2) is 35.7 Å². The third-order valence-electron chi connectivity index (χ3n) is 4.33. The molecule has 1 atom stereocenters. The van der Waals surface area contributed by atoms with Crippen molar-refractivity contribution in [3.05, 3.63) is 29.6 Å². The molecule has 27 heavy (non-hydrogen) atoms. The Balaban J connectivity index is 0.00000261. The zero-order valence-corrected chi connectivity index (χ0v) is 15.7. The molecule has 1 saturated heterocycles. The van der Waals surface area contributed by atoms with Crippen molar-refractivity contribution in [2.45, 2.75) is 38.4 Å². The van der Waals surface area contributed by atoms with Gasteiger partial charge in [0, 0.05) is 36.7 Å². The molecule has 1 aliphatic heterocycles. The summed E-state index contributed by atoms with van der Waals surface area (Å²) in [5.74, 6) is 0.213. The highest BCUT2D eigenvalue weighted by atomic mass is 35.5. The van der Waals surface area contributed by atoms with Crippen LogP contribution in [0.25, 0.3) is 11.5 Å². The van der Waals surface area contributed by atoms with Crippen molar-refractivity contribution >= 4 is 24.0 Å². The molecule has 1 unspecified atom stereocenters. The predicted octanol–water partition coefficient (Wildman–Crippen LogP) is 3.45. The van der Waals surface area contributed by atoms with Crippen LogP contribution in [0.15, 0.2) is 22.7 Å². The van der Waals surface area contributed by atoms with Gasteiger partial charge >= 0.3 is 6.18 Å². The van der Waals surface area contributed by atoms with E-state index in [1.54, 1.807) is 7.05 Å². The number of nitrogens with one attached hydrogen (secondary N) is 1. The van der Waals surface area contributed by atoms with Gasteiger partial charge in [-0.05, 0) is 38.6 Å². The van der Waals surface area contributed by atoms with Crippen LogP contribution in [0, 0.1) is 0 Å². The molecule has 2 heterocycles. The Morgan fingerprint density at radius 3 is 2.67 bits per heavy atom. The second-order valence-corrected chi connectivity index (χ2v) is 6.32. The van der Waals surface area contributed by atoms with Gasteiger partial charge in [-0.3, -0.25) is 4.79 Å². The number of aromatic nitrogens is 2. The molecule has 3 rings (SSSR count). The van der Waals surface area contributed by atoms with E-state index in [4.69, 9.17) is 4.52 Å². The number of anilines is 1. The molecule has 10 heteroatoms. The molecule has 0 bridgehead atoms. The molecule has 1 aromatic carbocycles. The average Bonchev–Trinajstić information content (AvgIpc) is 3.22. The first-order valence-electron chi connectivity index (χ1n) is 8.31. The number of amides is 1. The Hall–Kier alpha value is -2.13. The zero-order chi connectivity index (χ0) is 18.9. The molecule has 0 radical (unpaired) electrons. The molecule has 6 nitrogen and oxygen atoms in total. The molecule has 148 valence electrons. The fourth-order valence-electron chi connectivity index (χ4n) is 2.81. The fourth-order valence-corrected chi connectivity index (χ4v) is 2.81. The normalized spacial score (nSPS) is 15.7. The van der Waals surface area contributed by atoms with Gasteiger partial charge in [0.2, 0.25) is 5.91 Å². The quantitative estimate of drug-likeness (QED) is 0.826. The molecule has 1 aliphatic rings. The molecule has 1 fully saturated rings. The van der Waals surface area contributed by atoms with E-state index in [9.17, 15) is 18.0 Å². The summed E-state index contributed by atoms with van der Waals surface area (Å²) in [5.41, 5.74) is -0.515. The Morgan fingerprint density at radius 2 is 2.07 bits per heavy atom. The summed E-state index contributed by atoms with van der Waals surface area (Å²) in [6, 6.07) is 3.52. The first-order chi connectivity index (χ1) is 12.3. The fraction of sp³-hybridized carbons (Fsp3) is 0.471. The monoisotopic (exact) mass is 404 g/mol. The van der Waals surface area contributed by atoms with Crippen molar-refractivity contribution in [3.8, 4) is 11.5 Å². The highest BCUT2D eigenvalue weighted by Crippen LogP contribution is 2.36. The first-order valence-corrected chi connectivity index (χ1v) is 8.31. The second-order valence-electron chi connectivity index (χ2n) is 6.32. The van der Waals surface area contributed by atoms with Crippen molar-refractivity contribution in [2.75, 3.05) is 18.5 Å². The van der Waals surface area contributed by atoms with Crippen LogP contribution >= 0.6 is 12.4 Å². The van der Waals surface area contributed by atoms with Gasteiger partial charge in [0.15, 0.2) is 5.82 Å². The van der Waals surface area contributed by atoms with Gasteiger partial charge in [0.1, 0.15) is 0 Å². The van der Waals surface area contributed by atoms with Crippen molar-refractivity contribution in [1.29, 1.82) is 0 Å². The number of likely N-dealkylation sites (N-methyl/N-ethyl adjacent to an activating group) is 1. The summed E-state index contributed by atoms with van der Waals surface area (Å²) < 4.78 is 45.0. The van der Waals surface area contributed by atoms with E-state index in [0.717, 1.165) is 12.1 Å². The van der Waals surface area contributed by atoms with Crippen LogP contribution in [0.4, 0.5) is 18.9 Å². The summed E-state index contributed by atoms with van der Waals surface area (Å²) >= 11 is 0. The third kappa shape index (κ3) is 4.78. The number of rotatable bonds is 5. The number of nitrogens with zero attached hydrogens (tertiary/aromatic N) is 3. The van der Waals surface area contributed by atoms with E-state index in [1.165, 1.54) is 11.0 Å². The minimum atomic E-state index is -4.54. The van der Waals surface area contributed by atoms with Crippen molar-refractivity contribution in [1.82, 2.24) is 15.5 Å². The van der Waals surface area contributed by atoms with Gasteiger partial charge in [0.25, 0.3) is 5.89 Å². The lowest BCUT2D eigenvalue weighted by atomic mass is 10.1. The van der Waals surface area contributed by atoms with E-state index in [-0.39, 0.29) is 41.5 Å². The van der Waals surface area contributed by atoms with Crippen molar-refractivity contribution in [2.24, 2.45) is 0 Å². The SMILES string of the molecule is CNC(C)Cc1noc(-c2cc(N3CCCC3=O)cc(C(F)(F)F)c2)n1.Cl. The smallest absolute Gasteiger partial charge is 0.334 e. The molecule has 1 N–H and O–H groups in total. The number of halogens is 4. The van der Waals surface area contributed by atoms with Gasteiger partial charge in [-0.1, -0.05) is 5.16 Å². The molecule has 0 saturated carbocycles. The Bertz CT molecular complexity index is 810. The molecule has 0 aliphatic carbocycles. The number of hydrogen-bond acceptors (Lipinski definition) is 5. The van der Waals surface area contributed by atoms with E-state index >= 15 is 0 Å². The number of benzene rings is 1. The molecular weight excluding hydrogens is 385 g/mol. The van der Waals surface area contributed by atoms with Crippen LogP contribution in [0.5, 0.6) is 0 Å². The number of hydrogen-bond donors (Lipinski definition) is 1. The maximum absolute atomic E-state index is 13.3. The summed E-state index contributed by atoms with van der Waals surface area (Å²) in [6.45, 7) is 2.33. The Kier molecular flexibility index (Phi) is 6.48. The molecule has 1 amide bonds. The van der Waals surface area contributed by atoms with E-state index < -0.39 is 11.7 Å². The summed E-state index contributed by atoms with van der Waals surface area (Å²) in [6.07, 6.45) is -3.11. The minimum absolute atomic E-state index is 0. The standard InChI is InChI=1S/C17H19F3N4O2.ClH/c1-10(21-2)6-14-22-16(26-23-14)11-7-12(17(18,19)20)9-13(8-11)24-5-3-4-15(24)25;/h7-10,21H,3-6H2,1-2H3;1H. The number of alkyl halides is 3. The highest BCUT2D eigenvalue weighted by molar-refractivity contribution is 5.96. The predicted molar refractivity (Wildman–Crippen MR) is 95.8 cm³/mol. The topological polar surface area (TPSA) is 71.3 Å².